The van der Waals surface area contributed by atoms with E-state index in [4.69, 9.17) is 0 Å². The summed E-state index contributed by atoms with van der Waals surface area (Å²) in [4.78, 5) is 17.0. The lowest BCUT2D eigenvalue weighted by molar-refractivity contribution is -0.121. The molecule has 1 unspecified atom stereocenters. The highest BCUT2D eigenvalue weighted by Crippen LogP contribution is 2.14. The largest absolute Gasteiger partial charge is 0.396 e. The Morgan fingerprint density at radius 1 is 1.33 bits per heavy atom. The molecule has 4 nitrogen and oxygen atoms in total. The van der Waals surface area contributed by atoms with Gasteiger partial charge in [0.25, 0.3) is 0 Å². The van der Waals surface area contributed by atoms with Crippen LogP contribution in [0.4, 0.5) is 0 Å². The number of thiophene rings is 1. The van der Waals surface area contributed by atoms with Gasteiger partial charge in [-0.2, -0.15) is 0 Å². The predicted octanol–water partition coefficient (Wildman–Crippen LogP) is 2.04. The summed E-state index contributed by atoms with van der Waals surface area (Å²) >= 11 is 1.68. The molecule has 0 bridgehead atoms. The number of aromatic nitrogens is 1. The van der Waals surface area contributed by atoms with Crippen molar-refractivity contribution in [2.75, 3.05) is 13.2 Å². The van der Waals surface area contributed by atoms with Crippen molar-refractivity contribution in [3.8, 4) is 0 Å². The molecule has 0 aliphatic heterocycles. The summed E-state index contributed by atoms with van der Waals surface area (Å²) in [6.45, 7) is 0.603. The minimum absolute atomic E-state index is 0.0245. The van der Waals surface area contributed by atoms with Crippen LogP contribution < -0.4 is 5.32 Å². The Labute approximate surface area is 128 Å². The molecule has 0 aromatic carbocycles. The van der Waals surface area contributed by atoms with E-state index in [2.05, 4.69) is 16.4 Å². The van der Waals surface area contributed by atoms with Crippen LogP contribution in [0.1, 0.15) is 16.9 Å². The van der Waals surface area contributed by atoms with Crippen LogP contribution in [0.5, 0.6) is 0 Å². The van der Waals surface area contributed by atoms with Gasteiger partial charge in [0, 0.05) is 42.8 Å². The summed E-state index contributed by atoms with van der Waals surface area (Å²) in [6, 6.07) is 7.89. The quantitative estimate of drug-likeness (QED) is 0.784. The minimum atomic E-state index is 0.0245. The highest BCUT2D eigenvalue weighted by molar-refractivity contribution is 7.09. The Hall–Kier alpha value is -1.72. The molecular formula is C16H20N2O2S. The molecule has 0 fully saturated rings. The zero-order valence-corrected chi connectivity index (χ0v) is 12.7. The number of pyridine rings is 1. The number of hydrogen-bond acceptors (Lipinski definition) is 4. The van der Waals surface area contributed by atoms with Gasteiger partial charge in [0.15, 0.2) is 0 Å². The van der Waals surface area contributed by atoms with Crippen molar-refractivity contribution in [3.63, 3.8) is 0 Å². The van der Waals surface area contributed by atoms with Gasteiger partial charge in [0.1, 0.15) is 0 Å². The molecule has 1 atom stereocenters. The highest BCUT2D eigenvalue weighted by atomic mass is 32.1. The first-order valence-electron chi connectivity index (χ1n) is 7.06. The van der Waals surface area contributed by atoms with Crippen LogP contribution in [0.3, 0.4) is 0 Å². The summed E-state index contributed by atoms with van der Waals surface area (Å²) in [7, 11) is 0. The monoisotopic (exact) mass is 304 g/mol. The molecule has 2 rings (SSSR count). The van der Waals surface area contributed by atoms with Crippen LogP contribution in [0.25, 0.3) is 0 Å². The first-order valence-corrected chi connectivity index (χ1v) is 7.94. The van der Waals surface area contributed by atoms with E-state index in [9.17, 15) is 9.90 Å². The Morgan fingerprint density at radius 3 is 2.81 bits per heavy atom. The van der Waals surface area contributed by atoms with E-state index >= 15 is 0 Å². The SMILES string of the molecule is O=C(CCc1ccncc1)NCC(CO)Cc1cccs1. The van der Waals surface area contributed by atoms with Crippen LogP contribution in [-0.4, -0.2) is 29.1 Å². The van der Waals surface area contributed by atoms with Crippen LogP contribution in [0.15, 0.2) is 42.0 Å². The zero-order chi connectivity index (χ0) is 14.9. The highest BCUT2D eigenvalue weighted by Gasteiger charge is 2.11. The number of carbonyl (C=O) groups is 1. The lowest BCUT2D eigenvalue weighted by atomic mass is 10.1. The smallest absolute Gasteiger partial charge is 0.220 e. The van der Waals surface area contributed by atoms with Crippen molar-refractivity contribution < 1.29 is 9.90 Å². The molecule has 2 N–H and O–H groups in total. The molecule has 0 saturated carbocycles. The standard InChI is InChI=1S/C16H20N2O2S/c19-12-14(10-15-2-1-9-21-15)11-18-16(20)4-3-13-5-7-17-8-6-13/h1-2,5-9,14,19H,3-4,10-12H2,(H,18,20). The first kappa shape index (κ1) is 15.7. The third-order valence-electron chi connectivity index (χ3n) is 3.31. The van der Waals surface area contributed by atoms with Gasteiger partial charge in [-0.15, -0.1) is 11.3 Å². The fourth-order valence-electron chi connectivity index (χ4n) is 2.07. The molecular weight excluding hydrogens is 284 g/mol. The second kappa shape index (κ2) is 8.54. The normalized spacial score (nSPS) is 12.0. The van der Waals surface area contributed by atoms with Crippen molar-refractivity contribution >= 4 is 17.2 Å². The van der Waals surface area contributed by atoms with Crippen LogP contribution in [-0.2, 0) is 17.6 Å². The molecule has 0 spiro atoms. The number of rotatable bonds is 8. The number of nitrogens with zero attached hydrogens (tertiary/aromatic N) is 1. The number of aliphatic hydroxyl groups is 1. The number of nitrogens with one attached hydrogen (secondary N) is 1. The maximum absolute atomic E-state index is 11.8. The molecule has 2 aromatic rings. The fraction of sp³-hybridized carbons (Fsp3) is 0.375. The summed E-state index contributed by atoms with van der Waals surface area (Å²) < 4.78 is 0. The molecule has 2 heterocycles. The van der Waals surface area contributed by atoms with E-state index < -0.39 is 0 Å². The Balaban J connectivity index is 1.69. The first-order chi connectivity index (χ1) is 10.3. The van der Waals surface area contributed by atoms with Gasteiger partial charge < -0.3 is 10.4 Å². The van der Waals surface area contributed by atoms with Crippen LogP contribution in [0, 0.1) is 5.92 Å². The van der Waals surface area contributed by atoms with Gasteiger partial charge in [-0.3, -0.25) is 9.78 Å². The lowest BCUT2D eigenvalue weighted by Crippen LogP contribution is -2.31. The molecule has 21 heavy (non-hydrogen) atoms. The van der Waals surface area contributed by atoms with Crippen LogP contribution in [0.2, 0.25) is 0 Å². The van der Waals surface area contributed by atoms with E-state index in [0.717, 1.165) is 12.0 Å². The third kappa shape index (κ3) is 5.65. The summed E-state index contributed by atoms with van der Waals surface area (Å²) in [5.74, 6) is 0.102. The van der Waals surface area contributed by atoms with Crippen LogP contribution >= 0.6 is 11.3 Å². The van der Waals surface area contributed by atoms with Gasteiger partial charge in [0.05, 0.1) is 0 Å². The van der Waals surface area contributed by atoms with Crippen molar-refractivity contribution in [3.05, 3.63) is 52.5 Å². The second-order valence-electron chi connectivity index (χ2n) is 4.99. The average molecular weight is 304 g/mol. The zero-order valence-electron chi connectivity index (χ0n) is 11.9. The van der Waals surface area contributed by atoms with E-state index in [-0.39, 0.29) is 18.4 Å². The summed E-state index contributed by atoms with van der Waals surface area (Å²) in [5, 5.41) is 14.3. The Bertz CT molecular complexity index is 528. The van der Waals surface area contributed by atoms with Crippen molar-refractivity contribution in [1.29, 1.82) is 0 Å². The number of amides is 1. The summed E-state index contributed by atoms with van der Waals surface area (Å²) in [5.41, 5.74) is 1.11. The fourth-order valence-corrected chi connectivity index (χ4v) is 2.89. The number of carbonyl (C=O) groups excluding carboxylic acids is 1. The predicted molar refractivity (Wildman–Crippen MR) is 84.2 cm³/mol. The minimum Gasteiger partial charge on any atom is -0.396 e. The summed E-state index contributed by atoms with van der Waals surface area (Å²) in [6.07, 6.45) is 5.44. The molecule has 0 radical (unpaired) electrons. The molecule has 1 amide bonds. The average Bonchev–Trinajstić information content (AvgIpc) is 3.03. The Morgan fingerprint density at radius 2 is 2.14 bits per heavy atom. The van der Waals surface area contributed by atoms with E-state index in [1.165, 1.54) is 4.88 Å². The van der Waals surface area contributed by atoms with Gasteiger partial charge >= 0.3 is 0 Å². The molecule has 5 heteroatoms. The molecule has 0 aliphatic rings. The van der Waals surface area contributed by atoms with Crippen molar-refractivity contribution in [2.45, 2.75) is 19.3 Å². The third-order valence-corrected chi connectivity index (χ3v) is 4.20. The van der Waals surface area contributed by atoms with Gasteiger partial charge in [-0.05, 0) is 42.0 Å². The maximum Gasteiger partial charge on any atom is 0.220 e. The molecule has 0 aliphatic carbocycles. The number of hydrogen-bond donors (Lipinski definition) is 2. The van der Waals surface area contributed by atoms with Crippen molar-refractivity contribution in [2.24, 2.45) is 5.92 Å². The number of aryl methyl sites for hydroxylation is 1. The van der Waals surface area contributed by atoms with Gasteiger partial charge in [-0.25, -0.2) is 0 Å². The molecule has 112 valence electrons. The maximum atomic E-state index is 11.8. The van der Waals surface area contributed by atoms with E-state index in [0.29, 0.717) is 19.4 Å². The van der Waals surface area contributed by atoms with Gasteiger partial charge in [-0.1, -0.05) is 6.07 Å². The molecule has 0 saturated heterocycles. The van der Waals surface area contributed by atoms with Gasteiger partial charge in [0.2, 0.25) is 5.91 Å². The van der Waals surface area contributed by atoms with E-state index in [1.807, 2.05) is 23.6 Å². The molecule has 2 aromatic heterocycles. The topological polar surface area (TPSA) is 62.2 Å². The second-order valence-corrected chi connectivity index (χ2v) is 6.02. The Kier molecular flexibility index (Phi) is 6.37. The number of aliphatic hydroxyl groups excluding tert-OH is 1. The van der Waals surface area contributed by atoms with E-state index in [1.54, 1.807) is 23.7 Å². The lowest BCUT2D eigenvalue weighted by Gasteiger charge is -2.14. The van der Waals surface area contributed by atoms with Crippen molar-refractivity contribution in [1.82, 2.24) is 10.3 Å².